The second kappa shape index (κ2) is 9.34. The minimum absolute atomic E-state index is 0.167. The van der Waals surface area contributed by atoms with E-state index in [0.717, 1.165) is 18.6 Å². The summed E-state index contributed by atoms with van der Waals surface area (Å²) in [5.74, 6) is 1.78. The number of amides is 2. The third-order valence-electron chi connectivity index (χ3n) is 5.27. The van der Waals surface area contributed by atoms with E-state index in [1.165, 1.54) is 4.90 Å². The molecule has 0 atom stereocenters. The van der Waals surface area contributed by atoms with E-state index < -0.39 is 0 Å². The predicted molar refractivity (Wildman–Crippen MR) is 122 cm³/mol. The molecule has 0 unspecified atom stereocenters. The zero-order valence-electron chi connectivity index (χ0n) is 18.6. The first kappa shape index (κ1) is 21.7. The summed E-state index contributed by atoms with van der Waals surface area (Å²) in [4.78, 5) is 27.8. The van der Waals surface area contributed by atoms with Crippen LogP contribution < -0.4 is 19.5 Å². The van der Waals surface area contributed by atoms with Gasteiger partial charge in [0.05, 0.1) is 12.2 Å². The predicted octanol–water partition coefficient (Wildman–Crippen LogP) is 4.44. The van der Waals surface area contributed by atoms with Gasteiger partial charge in [0, 0.05) is 18.3 Å². The number of carbonyl (C=O) groups is 2. The van der Waals surface area contributed by atoms with E-state index in [-0.39, 0.29) is 24.3 Å². The van der Waals surface area contributed by atoms with Crippen LogP contribution in [-0.2, 0) is 9.59 Å². The fourth-order valence-corrected chi connectivity index (χ4v) is 3.58. The minimum atomic E-state index is -0.323. The van der Waals surface area contributed by atoms with Crippen molar-refractivity contribution in [2.75, 3.05) is 25.3 Å². The first-order valence-corrected chi connectivity index (χ1v) is 11.0. The molecule has 0 saturated carbocycles. The Labute approximate surface area is 188 Å². The van der Waals surface area contributed by atoms with Crippen LogP contribution in [0, 0.1) is 5.92 Å². The zero-order chi connectivity index (χ0) is 22.7. The summed E-state index contributed by atoms with van der Waals surface area (Å²) in [6, 6.07) is 12.6. The molecule has 0 fully saturated rings. The van der Waals surface area contributed by atoms with Crippen LogP contribution in [0.4, 0.5) is 5.69 Å². The van der Waals surface area contributed by atoms with E-state index >= 15 is 0 Å². The van der Waals surface area contributed by atoms with E-state index in [0.29, 0.717) is 47.4 Å². The number of hydrogen-bond donors (Lipinski definition) is 1. The molecule has 0 radical (unpaired) electrons. The van der Waals surface area contributed by atoms with E-state index in [1.807, 2.05) is 31.2 Å². The van der Waals surface area contributed by atoms with Gasteiger partial charge in [0.15, 0.2) is 11.5 Å². The van der Waals surface area contributed by atoms with E-state index in [4.69, 9.17) is 14.2 Å². The van der Waals surface area contributed by atoms with Crippen LogP contribution in [0.5, 0.6) is 17.2 Å². The summed E-state index contributed by atoms with van der Waals surface area (Å²) in [6.07, 6.45) is 1.64. The molecule has 2 aliphatic heterocycles. The highest BCUT2D eigenvalue weighted by Gasteiger charge is 2.39. The maximum absolute atomic E-state index is 13.2. The van der Waals surface area contributed by atoms with Gasteiger partial charge in [-0.15, -0.1) is 0 Å². The number of rotatable bonds is 9. The highest BCUT2D eigenvalue weighted by Crippen LogP contribution is 2.36. The number of unbranched alkanes of at least 4 members (excludes halogenated alkanes) is 1. The van der Waals surface area contributed by atoms with Crippen LogP contribution >= 0.6 is 0 Å². The van der Waals surface area contributed by atoms with Crippen molar-refractivity contribution in [3.63, 3.8) is 0 Å². The topological polar surface area (TPSA) is 77.1 Å². The second-order valence-electron chi connectivity index (χ2n) is 8.29. The molecule has 2 amide bonds. The number of anilines is 1. The number of nitrogens with zero attached hydrogens (tertiary/aromatic N) is 1. The summed E-state index contributed by atoms with van der Waals surface area (Å²) in [5.41, 5.74) is 1.94. The highest BCUT2D eigenvalue weighted by molar-refractivity contribution is 6.36. The highest BCUT2D eigenvalue weighted by atomic mass is 16.7. The van der Waals surface area contributed by atoms with Crippen LogP contribution in [0.3, 0.4) is 0 Å². The van der Waals surface area contributed by atoms with Gasteiger partial charge in [-0.25, -0.2) is 0 Å². The van der Waals surface area contributed by atoms with Crippen LogP contribution in [0.25, 0.3) is 5.57 Å². The first-order chi connectivity index (χ1) is 15.5. The molecule has 0 aromatic heterocycles. The second-order valence-corrected chi connectivity index (χ2v) is 8.29. The van der Waals surface area contributed by atoms with Gasteiger partial charge in [-0.05, 0) is 42.2 Å². The normalized spacial score (nSPS) is 15.2. The van der Waals surface area contributed by atoms with E-state index in [2.05, 4.69) is 19.2 Å². The third kappa shape index (κ3) is 4.42. The van der Waals surface area contributed by atoms with Gasteiger partial charge in [0.2, 0.25) is 6.79 Å². The molecular weight excluding hydrogens is 408 g/mol. The van der Waals surface area contributed by atoms with Gasteiger partial charge >= 0.3 is 0 Å². The Morgan fingerprint density at radius 1 is 1.03 bits per heavy atom. The number of imide groups is 1. The lowest BCUT2D eigenvalue weighted by molar-refractivity contribution is -0.136. The Morgan fingerprint density at radius 3 is 2.50 bits per heavy atom. The summed E-state index contributed by atoms with van der Waals surface area (Å²) in [6.45, 7) is 7.36. The molecule has 2 aromatic rings. The molecule has 0 aliphatic carbocycles. The fraction of sp³-hybridized carbons (Fsp3) is 0.360. The molecule has 32 heavy (non-hydrogen) atoms. The molecule has 1 N–H and O–H groups in total. The smallest absolute Gasteiger partial charge is 0.278 e. The molecule has 2 aliphatic rings. The van der Waals surface area contributed by atoms with Gasteiger partial charge in [-0.3, -0.25) is 14.5 Å². The van der Waals surface area contributed by atoms with Crippen molar-refractivity contribution < 1.29 is 23.8 Å². The Bertz CT molecular complexity index is 1040. The molecule has 2 heterocycles. The van der Waals surface area contributed by atoms with Crippen LogP contribution in [-0.4, -0.2) is 36.7 Å². The number of ether oxygens (including phenoxy) is 3. The van der Waals surface area contributed by atoms with Crippen molar-refractivity contribution in [2.24, 2.45) is 5.92 Å². The van der Waals surface area contributed by atoms with Crippen molar-refractivity contribution in [3.05, 3.63) is 53.7 Å². The van der Waals surface area contributed by atoms with Crippen LogP contribution in [0.1, 0.15) is 39.2 Å². The maximum atomic E-state index is 13.2. The number of carbonyl (C=O) groups excluding carboxylic acids is 2. The van der Waals surface area contributed by atoms with Crippen LogP contribution in [0.2, 0.25) is 0 Å². The monoisotopic (exact) mass is 436 g/mol. The molecular formula is C25H28N2O5. The average molecular weight is 437 g/mol. The zero-order valence-corrected chi connectivity index (χ0v) is 18.6. The fourth-order valence-electron chi connectivity index (χ4n) is 3.58. The van der Waals surface area contributed by atoms with Gasteiger partial charge in [-0.2, -0.15) is 0 Å². The lowest BCUT2D eigenvalue weighted by Gasteiger charge is -2.14. The van der Waals surface area contributed by atoms with E-state index in [9.17, 15) is 9.59 Å². The molecule has 7 heteroatoms. The number of fused-ring (bicyclic) bond motifs is 1. The third-order valence-corrected chi connectivity index (χ3v) is 5.27. The Hall–Kier alpha value is -3.48. The van der Waals surface area contributed by atoms with Crippen molar-refractivity contribution in [3.8, 4) is 17.2 Å². The lowest BCUT2D eigenvalue weighted by atomic mass is 10.0. The Kier molecular flexibility index (Phi) is 6.35. The molecule has 168 valence electrons. The molecule has 0 spiro atoms. The first-order valence-electron chi connectivity index (χ1n) is 11.0. The molecule has 4 rings (SSSR count). The summed E-state index contributed by atoms with van der Waals surface area (Å²) >= 11 is 0. The number of nitrogens with one attached hydrogen (secondary N) is 1. The molecule has 7 nitrogen and oxygen atoms in total. The maximum Gasteiger partial charge on any atom is 0.278 e. The van der Waals surface area contributed by atoms with E-state index in [1.54, 1.807) is 18.2 Å². The largest absolute Gasteiger partial charge is 0.493 e. The summed E-state index contributed by atoms with van der Waals surface area (Å²) in [7, 11) is 0. The van der Waals surface area contributed by atoms with Crippen molar-refractivity contribution in [2.45, 2.75) is 33.6 Å². The van der Waals surface area contributed by atoms with Crippen LogP contribution in [0.15, 0.2) is 48.2 Å². The van der Waals surface area contributed by atoms with Gasteiger partial charge in [0.1, 0.15) is 11.4 Å². The van der Waals surface area contributed by atoms with Crippen molar-refractivity contribution in [1.29, 1.82) is 0 Å². The van der Waals surface area contributed by atoms with Gasteiger partial charge in [-0.1, -0.05) is 39.3 Å². The molecule has 0 saturated heterocycles. The Balaban J connectivity index is 1.66. The SMILES string of the molecule is CCCCN1C(=O)C(Nc2ccc3c(c2)OCO3)=C(c2ccc(OCC(C)C)cc2)C1=O. The Morgan fingerprint density at radius 2 is 1.78 bits per heavy atom. The molecule has 2 aromatic carbocycles. The van der Waals surface area contributed by atoms with Gasteiger partial charge < -0.3 is 19.5 Å². The average Bonchev–Trinajstić information content (AvgIpc) is 3.34. The quantitative estimate of drug-likeness (QED) is 0.586. The number of benzene rings is 2. The summed E-state index contributed by atoms with van der Waals surface area (Å²) < 4.78 is 16.5. The van der Waals surface area contributed by atoms with Gasteiger partial charge in [0.25, 0.3) is 11.8 Å². The standard InChI is InChI=1S/C25H28N2O5/c1-4-5-12-27-24(28)22(17-6-9-19(10-7-17)30-14-16(2)3)23(25(27)29)26-18-8-11-20-21(13-18)32-15-31-20/h6-11,13,16,26H,4-5,12,14-15H2,1-3H3. The van der Waals surface area contributed by atoms with Crippen molar-refractivity contribution >= 4 is 23.1 Å². The lowest BCUT2D eigenvalue weighted by Crippen LogP contribution is -2.33. The minimum Gasteiger partial charge on any atom is -0.493 e. The summed E-state index contributed by atoms with van der Waals surface area (Å²) in [5, 5.41) is 3.16. The number of hydrogen-bond acceptors (Lipinski definition) is 6. The van der Waals surface area contributed by atoms with Crippen molar-refractivity contribution in [1.82, 2.24) is 4.90 Å². The molecule has 0 bridgehead atoms.